The molecule has 0 amide bonds. The number of hydrogen-bond donors (Lipinski definition) is 2. The Hall–Kier alpha value is -4.37. The second kappa shape index (κ2) is 8.11. The molecule has 140 valence electrons. The summed E-state index contributed by atoms with van der Waals surface area (Å²) in [6, 6.07) is 28.5. The summed E-state index contributed by atoms with van der Waals surface area (Å²) >= 11 is 0. The van der Waals surface area contributed by atoms with Crippen LogP contribution >= 0.6 is 0 Å². The number of aromatic nitrogens is 2. The summed E-state index contributed by atoms with van der Waals surface area (Å²) in [4.78, 5) is 8.54. The zero-order chi connectivity index (χ0) is 20.1. The van der Waals surface area contributed by atoms with Crippen molar-refractivity contribution in [3.63, 3.8) is 0 Å². The van der Waals surface area contributed by atoms with Gasteiger partial charge in [-0.15, -0.1) is 0 Å². The molecule has 0 bridgehead atoms. The van der Waals surface area contributed by atoms with Crippen LogP contribution < -0.4 is 15.8 Å². The number of hydrogen-bond acceptors (Lipinski definition) is 6. The average Bonchev–Trinajstić information content (AvgIpc) is 2.75. The van der Waals surface area contributed by atoms with E-state index in [1.54, 1.807) is 30.3 Å². The summed E-state index contributed by atoms with van der Waals surface area (Å²) < 4.78 is 5.85. The number of nitrogen functional groups attached to an aromatic ring is 1. The highest BCUT2D eigenvalue weighted by molar-refractivity contribution is 5.64. The van der Waals surface area contributed by atoms with Gasteiger partial charge in [-0.25, -0.2) is 0 Å². The Bertz CT molecular complexity index is 1150. The SMILES string of the molecule is N#Cc1ccc(Nc2nc(N)cc(Oc3ccc(-c4ccccc4)cc3)n2)cc1. The highest BCUT2D eigenvalue weighted by Gasteiger charge is 2.07. The number of nitrogens with one attached hydrogen (secondary N) is 1. The van der Waals surface area contributed by atoms with Crippen LogP contribution in [0.3, 0.4) is 0 Å². The van der Waals surface area contributed by atoms with Crippen molar-refractivity contribution >= 4 is 17.5 Å². The maximum Gasteiger partial charge on any atom is 0.232 e. The monoisotopic (exact) mass is 379 g/mol. The molecule has 0 atom stereocenters. The van der Waals surface area contributed by atoms with Crippen molar-refractivity contribution in [3.05, 3.63) is 90.5 Å². The molecule has 3 aromatic carbocycles. The van der Waals surface area contributed by atoms with Crippen LogP contribution in [-0.4, -0.2) is 9.97 Å². The minimum Gasteiger partial charge on any atom is -0.439 e. The molecule has 0 aliphatic carbocycles. The maximum atomic E-state index is 8.88. The summed E-state index contributed by atoms with van der Waals surface area (Å²) in [5, 5.41) is 11.9. The zero-order valence-electron chi connectivity index (χ0n) is 15.4. The lowest BCUT2D eigenvalue weighted by molar-refractivity contribution is 0.463. The van der Waals surface area contributed by atoms with Gasteiger partial charge < -0.3 is 15.8 Å². The number of anilines is 3. The smallest absolute Gasteiger partial charge is 0.232 e. The molecule has 6 heteroatoms. The van der Waals surface area contributed by atoms with Crippen molar-refractivity contribution in [2.24, 2.45) is 0 Å². The fourth-order valence-electron chi connectivity index (χ4n) is 2.77. The molecule has 0 saturated heterocycles. The van der Waals surface area contributed by atoms with Gasteiger partial charge in [0.25, 0.3) is 0 Å². The molecule has 0 unspecified atom stereocenters. The van der Waals surface area contributed by atoms with Gasteiger partial charge in [0.2, 0.25) is 11.8 Å². The van der Waals surface area contributed by atoms with E-state index in [1.807, 2.05) is 42.5 Å². The fourth-order valence-corrected chi connectivity index (χ4v) is 2.77. The average molecular weight is 379 g/mol. The largest absolute Gasteiger partial charge is 0.439 e. The van der Waals surface area contributed by atoms with Crippen molar-refractivity contribution < 1.29 is 4.74 Å². The van der Waals surface area contributed by atoms with E-state index >= 15 is 0 Å². The van der Waals surface area contributed by atoms with Gasteiger partial charge in [-0.3, -0.25) is 0 Å². The summed E-state index contributed by atoms with van der Waals surface area (Å²) in [5.41, 5.74) is 9.46. The molecule has 0 saturated carbocycles. The van der Waals surface area contributed by atoms with Gasteiger partial charge in [0.05, 0.1) is 11.6 Å². The standard InChI is InChI=1S/C23H17N5O/c24-15-16-6-10-19(11-7-16)26-23-27-21(25)14-22(28-23)29-20-12-8-18(9-13-20)17-4-2-1-3-5-17/h1-14H,(H3,25,26,27,28). The first kappa shape index (κ1) is 18.0. The summed E-state index contributed by atoms with van der Waals surface area (Å²) in [6.07, 6.45) is 0. The lowest BCUT2D eigenvalue weighted by atomic mass is 10.1. The molecule has 0 aliphatic heterocycles. The molecule has 4 rings (SSSR count). The first-order valence-corrected chi connectivity index (χ1v) is 8.95. The Morgan fingerprint density at radius 2 is 1.52 bits per heavy atom. The third kappa shape index (κ3) is 4.49. The van der Waals surface area contributed by atoms with Crippen LogP contribution in [0.15, 0.2) is 84.9 Å². The molecule has 6 nitrogen and oxygen atoms in total. The Morgan fingerprint density at radius 1 is 0.828 bits per heavy atom. The van der Waals surface area contributed by atoms with Crippen LogP contribution in [0.5, 0.6) is 11.6 Å². The second-order valence-corrected chi connectivity index (χ2v) is 6.26. The van der Waals surface area contributed by atoms with Gasteiger partial charge in [-0.05, 0) is 47.5 Å². The number of nitrogens with two attached hydrogens (primary N) is 1. The van der Waals surface area contributed by atoms with Crippen LogP contribution in [0.4, 0.5) is 17.5 Å². The number of nitrogens with zero attached hydrogens (tertiary/aromatic N) is 3. The van der Waals surface area contributed by atoms with E-state index < -0.39 is 0 Å². The van der Waals surface area contributed by atoms with Crippen molar-refractivity contribution in [2.45, 2.75) is 0 Å². The van der Waals surface area contributed by atoms with Crippen molar-refractivity contribution in [3.8, 4) is 28.8 Å². The first-order valence-electron chi connectivity index (χ1n) is 8.95. The number of nitriles is 1. The Kier molecular flexibility index (Phi) is 5.04. The predicted octanol–water partition coefficient (Wildman–Crippen LogP) is 5.13. The zero-order valence-corrected chi connectivity index (χ0v) is 15.4. The lowest BCUT2D eigenvalue weighted by Gasteiger charge is -2.10. The molecule has 0 fully saturated rings. The van der Waals surface area contributed by atoms with Crippen molar-refractivity contribution in [1.29, 1.82) is 5.26 Å². The Labute approximate surface area is 168 Å². The first-order chi connectivity index (χ1) is 14.2. The van der Waals surface area contributed by atoms with E-state index in [-0.39, 0.29) is 5.82 Å². The highest BCUT2D eigenvalue weighted by Crippen LogP contribution is 2.26. The van der Waals surface area contributed by atoms with Gasteiger partial charge in [0.15, 0.2) is 0 Å². The molecule has 0 radical (unpaired) electrons. The van der Waals surface area contributed by atoms with E-state index in [4.69, 9.17) is 15.7 Å². The molecule has 1 heterocycles. The van der Waals surface area contributed by atoms with Gasteiger partial charge in [-0.2, -0.15) is 15.2 Å². The minimum atomic E-state index is 0.284. The molecule has 3 N–H and O–H groups in total. The topological polar surface area (TPSA) is 96.9 Å². The van der Waals surface area contributed by atoms with Crippen LogP contribution in [0.2, 0.25) is 0 Å². The van der Waals surface area contributed by atoms with E-state index in [2.05, 4.69) is 33.5 Å². The van der Waals surface area contributed by atoms with E-state index in [0.717, 1.165) is 16.8 Å². The summed E-state index contributed by atoms with van der Waals surface area (Å²) in [5.74, 6) is 1.57. The summed E-state index contributed by atoms with van der Waals surface area (Å²) in [7, 11) is 0. The maximum absolute atomic E-state index is 8.88. The molecule has 0 aliphatic rings. The molecule has 29 heavy (non-hydrogen) atoms. The third-order valence-electron chi connectivity index (χ3n) is 4.18. The fraction of sp³-hybridized carbons (Fsp3) is 0. The van der Waals surface area contributed by atoms with Gasteiger partial charge in [0.1, 0.15) is 11.6 Å². The van der Waals surface area contributed by atoms with Crippen molar-refractivity contribution in [1.82, 2.24) is 9.97 Å². The van der Waals surface area contributed by atoms with E-state index in [1.165, 1.54) is 0 Å². The Balaban J connectivity index is 1.51. The van der Waals surface area contributed by atoms with Gasteiger partial charge >= 0.3 is 0 Å². The molecular weight excluding hydrogens is 362 g/mol. The van der Waals surface area contributed by atoms with Crippen LogP contribution in [0.25, 0.3) is 11.1 Å². The van der Waals surface area contributed by atoms with Crippen LogP contribution in [-0.2, 0) is 0 Å². The highest BCUT2D eigenvalue weighted by atomic mass is 16.5. The molecular formula is C23H17N5O. The predicted molar refractivity (Wildman–Crippen MR) is 113 cm³/mol. The number of ether oxygens (including phenoxy) is 1. The third-order valence-corrected chi connectivity index (χ3v) is 4.18. The van der Waals surface area contributed by atoms with E-state index in [0.29, 0.717) is 23.1 Å². The number of benzene rings is 3. The summed E-state index contributed by atoms with van der Waals surface area (Å²) in [6.45, 7) is 0. The van der Waals surface area contributed by atoms with Crippen LogP contribution in [0, 0.1) is 11.3 Å². The Morgan fingerprint density at radius 3 is 2.21 bits per heavy atom. The molecule has 4 aromatic rings. The molecule has 0 spiro atoms. The second-order valence-electron chi connectivity index (χ2n) is 6.26. The van der Waals surface area contributed by atoms with Crippen LogP contribution in [0.1, 0.15) is 5.56 Å². The molecule has 1 aromatic heterocycles. The van der Waals surface area contributed by atoms with E-state index in [9.17, 15) is 0 Å². The minimum absolute atomic E-state index is 0.284. The van der Waals surface area contributed by atoms with Crippen molar-refractivity contribution in [2.75, 3.05) is 11.1 Å². The number of rotatable bonds is 5. The quantitative estimate of drug-likeness (QED) is 0.499. The normalized spacial score (nSPS) is 10.2. The van der Waals surface area contributed by atoms with Gasteiger partial charge in [0, 0.05) is 11.8 Å². The lowest BCUT2D eigenvalue weighted by Crippen LogP contribution is -2.02. The van der Waals surface area contributed by atoms with Gasteiger partial charge in [-0.1, -0.05) is 42.5 Å².